The van der Waals surface area contributed by atoms with Crippen LogP contribution >= 0.6 is 0 Å². The third-order valence-corrected chi connectivity index (χ3v) is 4.55. The highest BCUT2D eigenvalue weighted by Gasteiger charge is 2.31. The van der Waals surface area contributed by atoms with E-state index in [0.29, 0.717) is 30.0 Å². The van der Waals surface area contributed by atoms with Crippen molar-refractivity contribution in [2.24, 2.45) is 0 Å². The molecule has 0 bridgehead atoms. The number of alkyl halides is 3. The van der Waals surface area contributed by atoms with Crippen molar-refractivity contribution in [2.45, 2.75) is 38.8 Å². The maximum Gasteiger partial charge on any atom is 0.416 e. The van der Waals surface area contributed by atoms with Crippen LogP contribution in [0, 0.1) is 6.92 Å². The highest BCUT2D eigenvalue weighted by Crippen LogP contribution is 2.30. The summed E-state index contributed by atoms with van der Waals surface area (Å²) in [6, 6.07) is 4.96. The topological polar surface area (TPSA) is 38.1 Å². The van der Waals surface area contributed by atoms with Crippen molar-refractivity contribution in [3.63, 3.8) is 0 Å². The molecule has 0 spiro atoms. The largest absolute Gasteiger partial charge is 0.416 e. The molecule has 1 aromatic heterocycles. The molecular formula is C18H20F3N3O. The van der Waals surface area contributed by atoms with Crippen molar-refractivity contribution in [3.05, 3.63) is 47.3 Å². The fourth-order valence-electron chi connectivity index (χ4n) is 3.14. The lowest BCUT2D eigenvalue weighted by Gasteiger charge is -2.20. The maximum absolute atomic E-state index is 12.9. The summed E-state index contributed by atoms with van der Waals surface area (Å²) in [7, 11) is 0. The van der Waals surface area contributed by atoms with Gasteiger partial charge >= 0.3 is 6.18 Å². The summed E-state index contributed by atoms with van der Waals surface area (Å²) in [4.78, 5) is 14.5. The minimum Gasteiger partial charge on any atom is -0.339 e. The molecule has 1 saturated heterocycles. The lowest BCUT2D eigenvalue weighted by Crippen LogP contribution is -2.32. The Bertz CT molecular complexity index is 759. The van der Waals surface area contributed by atoms with Gasteiger partial charge in [-0.2, -0.15) is 18.3 Å². The molecule has 0 N–H and O–H groups in total. The summed E-state index contributed by atoms with van der Waals surface area (Å²) in [6.07, 6.45) is 1.22. The van der Waals surface area contributed by atoms with E-state index in [1.165, 1.54) is 16.9 Å². The van der Waals surface area contributed by atoms with E-state index >= 15 is 0 Å². The lowest BCUT2D eigenvalue weighted by atomic mass is 10.2. The zero-order valence-electron chi connectivity index (χ0n) is 14.0. The van der Waals surface area contributed by atoms with E-state index < -0.39 is 11.7 Å². The summed E-state index contributed by atoms with van der Waals surface area (Å²) in [6.45, 7) is 3.14. The van der Waals surface area contributed by atoms with Gasteiger partial charge in [-0.15, -0.1) is 0 Å². The van der Waals surface area contributed by atoms with E-state index in [1.54, 1.807) is 13.0 Å². The molecule has 0 aliphatic carbocycles. The van der Waals surface area contributed by atoms with Crippen LogP contribution in [0.3, 0.4) is 0 Å². The molecule has 0 unspecified atom stereocenters. The van der Waals surface area contributed by atoms with Gasteiger partial charge < -0.3 is 4.90 Å². The molecular weight excluding hydrogens is 331 g/mol. The zero-order chi connectivity index (χ0) is 18.0. The molecule has 7 heteroatoms. The Kier molecular flexibility index (Phi) is 4.83. The van der Waals surface area contributed by atoms with Gasteiger partial charge in [0.25, 0.3) is 5.91 Å². The van der Waals surface area contributed by atoms with Crippen LogP contribution in [0.25, 0.3) is 5.69 Å². The highest BCUT2D eigenvalue weighted by atomic mass is 19.4. The van der Waals surface area contributed by atoms with E-state index in [2.05, 4.69) is 5.10 Å². The first-order valence-corrected chi connectivity index (χ1v) is 8.39. The summed E-state index contributed by atoms with van der Waals surface area (Å²) in [5.74, 6) is -0.0994. The average molecular weight is 351 g/mol. The SMILES string of the molecule is Cc1c(C(=O)N2CCCCCC2)cnn1-c1cccc(C(F)(F)F)c1. The monoisotopic (exact) mass is 351 g/mol. The van der Waals surface area contributed by atoms with Gasteiger partial charge in [0.05, 0.1) is 28.7 Å². The molecule has 0 radical (unpaired) electrons. The number of aromatic nitrogens is 2. The van der Waals surface area contributed by atoms with Gasteiger partial charge in [0.15, 0.2) is 0 Å². The third-order valence-electron chi connectivity index (χ3n) is 4.55. The van der Waals surface area contributed by atoms with Crippen molar-refractivity contribution < 1.29 is 18.0 Å². The molecule has 1 fully saturated rings. The molecule has 1 aliphatic rings. The Morgan fingerprint density at radius 1 is 1.12 bits per heavy atom. The van der Waals surface area contributed by atoms with E-state index in [0.717, 1.165) is 37.8 Å². The van der Waals surface area contributed by atoms with Crippen LogP contribution in [0.15, 0.2) is 30.5 Å². The first-order chi connectivity index (χ1) is 11.9. The number of likely N-dealkylation sites (tertiary alicyclic amines) is 1. The van der Waals surface area contributed by atoms with E-state index in [1.807, 2.05) is 4.90 Å². The van der Waals surface area contributed by atoms with Gasteiger partial charge in [-0.05, 0) is 38.0 Å². The molecule has 25 heavy (non-hydrogen) atoms. The second kappa shape index (κ2) is 6.90. The van der Waals surface area contributed by atoms with Gasteiger partial charge in [0.2, 0.25) is 0 Å². The minimum absolute atomic E-state index is 0.0994. The molecule has 2 aromatic rings. The van der Waals surface area contributed by atoms with Gasteiger partial charge in [-0.3, -0.25) is 4.79 Å². The minimum atomic E-state index is -4.41. The number of benzene rings is 1. The van der Waals surface area contributed by atoms with Crippen LogP contribution in [0.5, 0.6) is 0 Å². The Hall–Kier alpha value is -2.31. The number of rotatable bonds is 2. The number of carbonyl (C=O) groups excluding carboxylic acids is 1. The highest BCUT2D eigenvalue weighted by molar-refractivity contribution is 5.95. The summed E-state index contributed by atoms with van der Waals surface area (Å²) in [5.41, 5.74) is 0.551. The van der Waals surface area contributed by atoms with Gasteiger partial charge in [-0.25, -0.2) is 4.68 Å². The number of hydrogen-bond acceptors (Lipinski definition) is 2. The summed E-state index contributed by atoms with van der Waals surface area (Å²) >= 11 is 0. The molecule has 0 atom stereocenters. The quantitative estimate of drug-likeness (QED) is 0.813. The van der Waals surface area contributed by atoms with Gasteiger partial charge in [-0.1, -0.05) is 18.9 Å². The van der Waals surface area contributed by atoms with Crippen LogP contribution < -0.4 is 0 Å². The fourth-order valence-corrected chi connectivity index (χ4v) is 3.14. The van der Waals surface area contributed by atoms with Crippen LogP contribution in [0.2, 0.25) is 0 Å². The molecule has 1 aromatic carbocycles. The molecule has 0 saturated carbocycles. The normalized spacial score (nSPS) is 15.9. The zero-order valence-corrected chi connectivity index (χ0v) is 14.0. The Morgan fingerprint density at radius 2 is 1.80 bits per heavy atom. The smallest absolute Gasteiger partial charge is 0.339 e. The summed E-state index contributed by atoms with van der Waals surface area (Å²) in [5, 5.41) is 4.15. The first kappa shape index (κ1) is 17.5. The van der Waals surface area contributed by atoms with Crippen LogP contribution in [-0.2, 0) is 6.18 Å². The van der Waals surface area contributed by atoms with Crippen LogP contribution in [-0.4, -0.2) is 33.7 Å². The standard InChI is InChI=1S/C18H20F3N3O/c1-13-16(17(25)23-9-4-2-3-5-10-23)12-22-24(13)15-8-6-7-14(11-15)18(19,20)21/h6-8,11-12H,2-5,9-10H2,1H3. The molecule has 4 nitrogen and oxygen atoms in total. The second-order valence-corrected chi connectivity index (χ2v) is 6.31. The predicted molar refractivity (Wildman–Crippen MR) is 87.7 cm³/mol. The van der Waals surface area contributed by atoms with E-state index in [9.17, 15) is 18.0 Å². The number of halogens is 3. The molecule has 3 rings (SSSR count). The predicted octanol–water partition coefficient (Wildman–Crippen LogP) is 4.22. The Morgan fingerprint density at radius 3 is 2.44 bits per heavy atom. The van der Waals surface area contributed by atoms with E-state index in [4.69, 9.17) is 0 Å². The van der Waals surface area contributed by atoms with Crippen molar-refractivity contribution in [3.8, 4) is 5.69 Å². The number of nitrogens with zero attached hydrogens (tertiary/aromatic N) is 3. The first-order valence-electron chi connectivity index (χ1n) is 8.39. The van der Waals surface area contributed by atoms with Crippen LogP contribution in [0.4, 0.5) is 13.2 Å². The van der Waals surface area contributed by atoms with Crippen molar-refractivity contribution in [2.75, 3.05) is 13.1 Å². The van der Waals surface area contributed by atoms with Crippen molar-refractivity contribution >= 4 is 5.91 Å². The molecule has 1 aliphatic heterocycles. The maximum atomic E-state index is 12.9. The molecule has 2 heterocycles. The average Bonchev–Trinajstić information content (AvgIpc) is 2.79. The lowest BCUT2D eigenvalue weighted by molar-refractivity contribution is -0.137. The van der Waals surface area contributed by atoms with Crippen LogP contribution in [0.1, 0.15) is 47.3 Å². The number of hydrogen-bond donors (Lipinski definition) is 0. The fraction of sp³-hybridized carbons (Fsp3) is 0.444. The Labute approximate surface area is 144 Å². The number of carbonyl (C=O) groups is 1. The number of amides is 1. The van der Waals surface area contributed by atoms with E-state index in [-0.39, 0.29) is 5.91 Å². The molecule has 1 amide bonds. The van der Waals surface area contributed by atoms with Gasteiger partial charge in [0, 0.05) is 13.1 Å². The van der Waals surface area contributed by atoms with Crippen molar-refractivity contribution in [1.82, 2.24) is 14.7 Å². The summed E-state index contributed by atoms with van der Waals surface area (Å²) < 4.78 is 40.1. The Balaban J connectivity index is 1.90. The molecule has 134 valence electrons. The van der Waals surface area contributed by atoms with Crippen molar-refractivity contribution in [1.29, 1.82) is 0 Å². The second-order valence-electron chi connectivity index (χ2n) is 6.31. The third kappa shape index (κ3) is 3.70. The van der Waals surface area contributed by atoms with Gasteiger partial charge in [0.1, 0.15) is 0 Å².